The van der Waals surface area contributed by atoms with Crippen molar-refractivity contribution in [3.8, 4) is 0 Å². The van der Waals surface area contributed by atoms with Crippen molar-refractivity contribution in [2.75, 3.05) is 0 Å². The smallest absolute Gasteiger partial charge is 0.157 e. The Balaban J connectivity index is 0.000001000. The predicted octanol–water partition coefficient (Wildman–Crippen LogP) is 1.41. The minimum absolute atomic E-state index is 0. The topological polar surface area (TPSA) is 37.3 Å². The van der Waals surface area contributed by atoms with Crippen LogP contribution in [0.15, 0.2) is 30.3 Å². The van der Waals surface area contributed by atoms with Crippen LogP contribution >= 0.6 is 0 Å². The van der Waals surface area contributed by atoms with Crippen LogP contribution in [-0.2, 0) is 49.5 Å². The van der Waals surface area contributed by atoms with Gasteiger partial charge in [-0.3, -0.25) is 0 Å². The van der Waals surface area contributed by atoms with Gasteiger partial charge in [0.1, 0.15) is 0 Å². The van der Waals surface area contributed by atoms with E-state index in [4.69, 9.17) is 4.55 Å². The van der Waals surface area contributed by atoms with Gasteiger partial charge in [-0.1, -0.05) is 30.3 Å². The molecule has 0 saturated carbocycles. The molecule has 4 heteroatoms. The van der Waals surface area contributed by atoms with Crippen LogP contribution in [0.4, 0.5) is 0 Å². The Kier molecular flexibility index (Phi) is 6.24. The van der Waals surface area contributed by atoms with Crippen LogP contribution in [0.25, 0.3) is 0 Å². The molecule has 1 aromatic rings. The largest absolute Gasteiger partial charge is 0.306 e. The zero-order valence-electron chi connectivity index (χ0n) is 5.93. The van der Waals surface area contributed by atoms with Gasteiger partial charge in [0.05, 0.1) is 5.75 Å². The Morgan fingerprint density at radius 3 is 2.27 bits per heavy atom. The average Bonchev–Trinajstić information content (AvgIpc) is 1.88. The first-order valence-electron chi connectivity index (χ1n) is 2.90. The Bertz CT molecular complexity index is 225. The summed E-state index contributed by atoms with van der Waals surface area (Å²) < 4.78 is 18.8. The first-order chi connectivity index (χ1) is 4.79. The van der Waals surface area contributed by atoms with E-state index in [1.807, 2.05) is 30.3 Å². The average molecular weight is 245 g/mol. The maximum absolute atomic E-state index is 10.3. The Labute approximate surface area is 93.6 Å². The Morgan fingerprint density at radius 1 is 1.27 bits per heavy atom. The molecule has 1 N–H and O–H groups in total. The van der Waals surface area contributed by atoms with Crippen molar-refractivity contribution in [3.63, 3.8) is 0 Å². The van der Waals surface area contributed by atoms with Gasteiger partial charge in [-0.2, -0.15) is 0 Å². The molecule has 0 amide bonds. The molecular formula is C7H8O2SY. The standard InChI is InChI=1S/C7H8O2S.Y/c8-10(9)6-7-4-2-1-3-5-7;/h1-5H,6H2,(H,8,9);. The molecule has 11 heavy (non-hydrogen) atoms. The molecule has 2 nitrogen and oxygen atoms in total. The Morgan fingerprint density at radius 2 is 1.82 bits per heavy atom. The molecule has 0 aliphatic heterocycles. The quantitative estimate of drug-likeness (QED) is 0.800. The van der Waals surface area contributed by atoms with Crippen LogP contribution < -0.4 is 0 Å². The molecule has 0 bridgehead atoms. The summed E-state index contributed by atoms with van der Waals surface area (Å²) in [5.74, 6) is 0.223. The summed E-state index contributed by atoms with van der Waals surface area (Å²) >= 11 is -1.72. The molecule has 0 aliphatic rings. The minimum Gasteiger partial charge on any atom is -0.306 e. The van der Waals surface area contributed by atoms with E-state index in [0.717, 1.165) is 5.56 Å². The number of hydrogen-bond acceptors (Lipinski definition) is 1. The molecule has 1 aromatic carbocycles. The first kappa shape index (κ1) is 11.4. The maximum atomic E-state index is 10.3. The van der Waals surface area contributed by atoms with Gasteiger partial charge in [-0.05, 0) is 5.56 Å². The second kappa shape index (κ2) is 6.01. The van der Waals surface area contributed by atoms with Crippen molar-refractivity contribution in [3.05, 3.63) is 35.9 Å². The molecule has 0 aromatic heterocycles. The molecule has 0 aliphatic carbocycles. The molecule has 0 spiro atoms. The normalized spacial score (nSPS) is 11.7. The van der Waals surface area contributed by atoms with Crippen LogP contribution in [0.1, 0.15) is 5.56 Å². The molecule has 1 unspecified atom stereocenters. The summed E-state index contributed by atoms with van der Waals surface area (Å²) in [7, 11) is 0. The van der Waals surface area contributed by atoms with Crippen molar-refractivity contribution in [2.24, 2.45) is 0 Å². The minimum atomic E-state index is -1.72. The molecule has 0 saturated heterocycles. The van der Waals surface area contributed by atoms with E-state index in [0.29, 0.717) is 0 Å². The van der Waals surface area contributed by atoms with Crippen molar-refractivity contribution in [1.29, 1.82) is 0 Å². The van der Waals surface area contributed by atoms with Gasteiger partial charge in [0.25, 0.3) is 0 Å². The van der Waals surface area contributed by atoms with Gasteiger partial charge >= 0.3 is 0 Å². The van der Waals surface area contributed by atoms with E-state index in [2.05, 4.69) is 0 Å². The van der Waals surface area contributed by atoms with Crippen molar-refractivity contribution >= 4 is 11.1 Å². The summed E-state index contributed by atoms with van der Waals surface area (Å²) in [5.41, 5.74) is 0.892. The van der Waals surface area contributed by atoms with Crippen LogP contribution in [0, 0.1) is 0 Å². The molecule has 1 rings (SSSR count). The van der Waals surface area contributed by atoms with Crippen LogP contribution in [-0.4, -0.2) is 8.76 Å². The fraction of sp³-hybridized carbons (Fsp3) is 0.143. The van der Waals surface area contributed by atoms with Crippen LogP contribution in [0.2, 0.25) is 0 Å². The number of benzene rings is 1. The van der Waals surface area contributed by atoms with Crippen molar-refractivity contribution in [1.82, 2.24) is 0 Å². The zero-order chi connectivity index (χ0) is 7.40. The van der Waals surface area contributed by atoms with E-state index in [9.17, 15) is 4.21 Å². The van der Waals surface area contributed by atoms with E-state index in [-0.39, 0.29) is 38.5 Å². The molecule has 57 valence electrons. The Hall–Kier alpha value is 0.434. The third kappa shape index (κ3) is 4.80. The number of hydrogen-bond donors (Lipinski definition) is 1. The molecule has 1 atom stereocenters. The number of rotatable bonds is 2. The van der Waals surface area contributed by atoms with Crippen molar-refractivity contribution in [2.45, 2.75) is 5.75 Å². The second-order valence-corrected chi connectivity index (χ2v) is 2.88. The van der Waals surface area contributed by atoms with Crippen molar-refractivity contribution < 1.29 is 41.5 Å². The fourth-order valence-corrected chi connectivity index (χ4v) is 1.19. The second-order valence-electron chi connectivity index (χ2n) is 1.95. The molecule has 0 heterocycles. The van der Waals surface area contributed by atoms with E-state index in [1.54, 1.807) is 0 Å². The van der Waals surface area contributed by atoms with Gasteiger partial charge in [0, 0.05) is 32.7 Å². The molecule has 0 fully saturated rings. The van der Waals surface area contributed by atoms with Gasteiger partial charge < -0.3 is 4.55 Å². The van der Waals surface area contributed by atoms with Gasteiger partial charge in [-0.25, -0.2) is 4.21 Å². The predicted molar refractivity (Wildman–Crippen MR) is 40.9 cm³/mol. The third-order valence-corrected chi connectivity index (χ3v) is 1.71. The summed E-state index contributed by atoms with van der Waals surface area (Å²) in [6.45, 7) is 0. The van der Waals surface area contributed by atoms with Gasteiger partial charge in [0.15, 0.2) is 11.1 Å². The third-order valence-electron chi connectivity index (χ3n) is 1.13. The van der Waals surface area contributed by atoms with E-state index in [1.165, 1.54) is 0 Å². The fourth-order valence-electron chi connectivity index (χ4n) is 0.717. The molecular weight excluding hydrogens is 237 g/mol. The SMILES string of the molecule is O=S(O)Cc1ccccc1.[Y]. The maximum Gasteiger partial charge on any atom is 0.157 e. The van der Waals surface area contributed by atoms with Gasteiger partial charge in [0.2, 0.25) is 0 Å². The monoisotopic (exact) mass is 245 g/mol. The summed E-state index contributed by atoms with van der Waals surface area (Å²) in [6.07, 6.45) is 0. The van der Waals surface area contributed by atoms with Gasteiger partial charge in [-0.15, -0.1) is 0 Å². The van der Waals surface area contributed by atoms with Crippen LogP contribution in [0.5, 0.6) is 0 Å². The zero-order valence-corrected chi connectivity index (χ0v) is 9.59. The summed E-state index contributed by atoms with van der Waals surface area (Å²) in [6, 6.07) is 9.23. The van der Waals surface area contributed by atoms with E-state index >= 15 is 0 Å². The van der Waals surface area contributed by atoms with Crippen LogP contribution in [0.3, 0.4) is 0 Å². The first-order valence-corrected chi connectivity index (χ1v) is 4.18. The molecule has 1 radical (unpaired) electrons. The van der Waals surface area contributed by atoms with E-state index < -0.39 is 11.1 Å². The summed E-state index contributed by atoms with van der Waals surface area (Å²) in [4.78, 5) is 0. The summed E-state index contributed by atoms with van der Waals surface area (Å²) in [5, 5.41) is 0.